The molecule has 15 heteroatoms. The first-order chi connectivity index (χ1) is 12.2. The summed E-state index contributed by atoms with van der Waals surface area (Å²) in [5.41, 5.74) is 0. The van der Waals surface area contributed by atoms with E-state index in [0.29, 0.717) is 0 Å². The Labute approximate surface area is 193 Å². The Kier molecular flexibility index (Phi) is 44.7. The Morgan fingerprint density at radius 3 is 1.10 bits per heavy atom. The van der Waals surface area contributed by atoms with E-state index in [1.807, 2.05) is 14.1 Å². The van der Waals surface area contributed by atoms with Crippen LogP contribution >= 0.6 is 11.6 Å². The first-order valence-electron chi connectivity index (χ1n) is 6.85. The van der Waals surface area contributed by atoms with Gasteiger partial charge in [0.15, 0.2) is 0 Å². The van der Waals surface area contributed by atoms with Crippen LogP contribution in [0.3, 0.4) is 0 Å². The SMILES string of the molecule is C.CN(C)C(=O)C(=O)O.CNC.COC(=O)C(=O)Cl.COC(=O)C(=O)N(C)C.[Li+].[OH-]. The molecule has 0 aliphatic rings. The van der Waals surface area contributed by atoms with Crippen LogP contribution in [-0.2, 0) is 38.2 Å². The number of nitrogens with zero attached hydrogens (tertiary/aromatic N) is 2. The summed E-state index contributed by atoms with van der Waals surface area (Å²) in [4.78, 5) is 62.4. The number of likely N-dealkylation sites (N-methyl/N-ethyl adjacent to an activating group) is 2. The predicted octanol–water partition coefficient (Wildman–Crippen LogP) is -4.37. The number of hydrogen-bond donors (Lipinski definition) is 2. The molecule has 0 aromatic rings. The molecule has 0 aliphatic carbocycles. The molecular formula is C15H31ClLiN3O10. The maximum absolute atomic E-state index is 10.5. The molecule has 0 bridgehead atoms. The molecule has 0 radical (unpaired) electrons. The van der Waals surface area contributed by atoms with Crippen molar-refractivity contribution in [1.82, 2.24) is 15.1 Å². The number of halogens is 1. The van der Waals surface area contributed by atoms with Crippen molar-refractivity contribution in [2.45, 2.75) is 7.43 Å². The fourth-order valence-electron chi connectivity index (χ4n) is 0.541. The minimum atomic E-state index is -1.42. The van der Waals surface area contributed by atoms with Gasteiger partial charge in [-0.15, -0.1) is 0 Å². The molecule has 0 aliphatic heterocycles. The third-order valence-electron chi connectivity index (χ3n) is 1.70. The van der Waals surface area contributed by atoms with Crippen LogP contribution < -0.4 is 24.2 Å². The molecule has 13 nitrogen and oxygen atoms in total. The zero-order valence-electron chi connectivity index (χ0n) is 17.9. The molecule has 0 fully saturated rings. The molecule has 0 heterocycles. The van der Waals surface area contributed by atoms with E-state index in [2.05, 4.69) is 26.4 Å². The number of ether oxygens (including phenoxy) is 2. The second kappa shape index (κ2) is 29.0. The molecular weight excluding hydrogens is 425 g/mol. The van der Waals surface area contributed by atoms with Crippen LogP contribution in [0.2, 0.25) is 0 Å². The molecule has 2 amide bonds. The van der Waals surface area contributed by atoms with Crippen molar-refractivity contribution in [1.29, 1.82) is 0 Å². The van der Waals surface area contributed by atoms with Gasteiger partial charge in [0.1, 0.15) is 0 Å². The van der Waals surface area contributed by atoms with Gasteiger partial charge in [-0.2, -0.15) is 0 Å². The smallest absolute Gasteiger partial charge is 0.870 e. The molecule has 0 aromatic heterocycles. The summed E-state index contributed by atoms with van der Waals surface area (Å²) in [5.74, 6) is -4.82. The summed E-state index contributed by atoms with van der Waals surface area (Å²) >= 11 is 4.61. The van der Waals surface area contributed by atoms with Gasteiger partial charge in [0.25, 0.3) is 0 Å². The maximum Gasteiger partial charge on any atom is 1.00 e. The van der Waals surface area contributed by atoms with Crippen LogP contribution in [0.25, 0.3) is 0 Å². The number of carboxylic acids is 1. The average Bonchev–Trinajstić information content (AvgIpc) is 2.60. The third-order valence-corrected chi connectivity index (χ3v) is 1.86. The average molecular weight is 456 g/mol. The first kappa shape index (κ1) is 46.2. The maximum atomic E-state index is 10.5. The number of hydrogen-bond acceptors (Lipinski definition) is 10. The Balaban J connectivity index is -0.0000000476. The molecule has 0 saturated heterocycles. The van der Waals surface area contributed by atoms with E-state index in [4.69, 9.17) is 5.11 Å². The van der Waals surface area contributed by atoms with Crippen molar-refractivity contribution in [2.24, 2.45) is 0 Å². The van der Waals surface area contributed by atoms with Gasteiger partial charge in [-0.1, -0.05) is 7.43 Å². The second-order valence-corrected chi connectivity index (χ2v) is 4.80. The minimum Gasteiger partial charge on any atom is -0.870 e. The Hall–Kier alpha value is -2.17. The molecule has 174 valence electrons. The molecule has 0 rings (SSSR count). The topological polar surface area (TPSA) is 190 Å². The van der Waals surface area contributed by atoms with E-state index in [0.717, 1.165) is 16.9 Å². The van der Waals surface area contributed by atoms with Gasteiger partial charge in [-0.05, 0) is 25.7 Å². The van der Waals surface area contributed by atoms with Crippen LogP contribution in [-0.4, -0.2) is 112 Å². The predicted molar refractivity (Wildman–Crippen MR) is 104 cm³/mol. The van der Waals surface area contributed by atoms with Crippen molar-refractivity contribution in [3.8, 4) is 0 Å². The summed E-state index contributed by atoms with van der Waals surface area (Å²) in [6, 6.07) is 0. The summed E-state index contributed by atoms with van der Waals surface area (Å²) in [5, 5.41) is 9.62. The number of aliphatic carboxylic acids is 1. The summed E-state index contributed by atoms with van der Waals surface area (Å²) in [6.07, 6.45) is 0. The summed E-state index contributed by atoms with van der Waals surface area (Å²) in [6.45, 7) is 0. The van der Waals surface area contributed by atoms with Gasteiger partial charge in [0.2, 0.25) is 0 Å². The first-order valence-corrected chi connectivity index (χ1v) is 7.23. The quantitative estimate of drug-likeness (QED) is 0.168. The second-order valence-electron chi connectivity index (χ2n) is 4.46. The fourth-order valence-corrected chi connectivity index (χ4v) is 0.619. The summed E-state index contributed by atoms with van der Waals surface area (Å²) in [7, 11) is 11.7. The number of esters is 2. The molecule has 3 N–H and O–H groups in total. The third kappa shape index (κ3) is 33.4. The van der Waals surface area contributed by atoms with E-state index in [1.165, 1.54) is 35.3 Å². The molecule has 0 saturated carbocycles. The van der Waals surface area contributed by atoms with Crippen LogP contribution in [0.5, 0.6) is 0 Å². The number of amides is 2. The Bertz CT molecular complexity index is 517. The fraction of sp³-hybridized carbons (Fsp3) is 0.600. The minimum absolute atomic E-state index is 0. The van der Waals surface area contributed by atoms with Crippen molar-refractivity contribution >= 4 is 46.6 Å². The van der Waals surface area contributed by atoms with Gasteiger partial charge in [-0.3, -0.25) is 14.4 Å². The number of carbonyl (C=O) groups is 6. The molecule has 0 spiro atoms. The van der Waals surface area contributed by atoms with Gasteiger partial charge >= 0.3 is 53.8 Å². The number of rotatable bonds is 1. The van der Waals surface area contributed by atoms with E-state index in [1.54, 1.807) is 0 Å². The van der Waals surface area contributed by atoms with Crippen LogP contribution in [0, 0.1) is 0 Å². The largest absolute Gasteiger partial charge is 1.00 e. The number of nitrogens with one attached hydrogen (secondary N) is 1. The molecule has 0 atom stereocenters. The van der Waals surface area contributed by atoms with Crippen molar-refractivity contribution in [3.05, 3.63) is 0 Å². The van der Waals surface area contributed by atoms with Crippen LogP contribution in [0.1, 0.15) is 7.43 Å². The standard InChI is InChI=1S/C5H9NO3.C4H7NO3.C3H3ClO3.C2H7N.CH4.Li.H2O/c1-6(2)4(7)5(8)9-3;1-5(2)3(6)4(7)8;1-7-3(6)2(4)5;1-3-2;;;/h1-3H3;1-2H3,(H,7,8);1H3;3H,1-2H3;1H4;;1H2/q;;;;;+1;/p-1. The van der Waals surface area contributed by atoms with E-state index < -0.39 is 35.0 Å². The van der Waals surface area contributed by atoms with Crippen molar-refractivity contribution in [2.75, 3.05) is 56.5 Å². The molecule has 30 heavy (non-hydrogen) atoms. The summed E-state index contributed by atoms with van der Waals surface area (Å²) < 4.78 is 8.03. The van der Waals surface area contributed by atoms with Gasteiger partial charge < -0.3 is 35.2 Å². The normalized spacial score (nSPS) is 7.10. The van der Waals surface area contributed by atoms with Gasteiger partial charge in [-0.25, -0.2) is 14.4 Å². The Morgan fingerprint density at radius 2 is 1.07 bits per heavy atom. The number of carboxylic acid groups (broad SMARTS) is 1. The van der Waals surface area contributed by atoms with Gasteiger partial charge in [0, 0.05) is 28.2 Å². The van der Waals surface area contributed by atoms with Crippen molar-refractivity contribution in [3.63, 3.8) is 0 Å². The monoisotopic (exact) mass is 455 g/mol. The number of carbonyl (C=O) groups excluding carboxylic acids is 5. The zero-order valence-corrected chi connectivity index (χ0v) is 18.7. The molecule has 0 aromatic carbocycles. The van der Waals surface area contributed by atoms with E-state index in [-0.39, 0.29) is 31.8 Å². The van der Waals surface area contributed by atoms with E-state index >= 15 is 0 Å². The Morgan fingerprint density at radius 1 is 0.800 bits per heavy atom. The van der Waals surface area contributed by atoms with Crippen LogP contribution in [0.4, 0.5) is 0 Å². The van der Waals surface area contributed by atoms with E-state index in [9.17, 15) is 28.8 Å². The van der Waals surface area contributed by atoms with Crippen molar-refractivity contribution < 1.29 is 67.7 Å². The van der Waals surface area contributed by atoms with Gasteiger partial charge in [0.05, 0.1) is 14.2 Å². The molecule has 0 unspecified atom stereocenters. The number of methoxy groups -OCH3 is 2. The zero-order chi connectivity index (χ0) is 22.7. The van der Waals surface area contributed by atoms with Crippen LogP contribution in [0.15, 0.2) is 0 Å².